The highest BCUT2D eigenvalue weighted by Gasteiger charge is 2.30. The predicted molar refractivity (Wildman–Crippen MR) is 84.8 cm³/mol. The second-order valence-electron chi connectivity index (χ2n) is 5.56. The lowest BCUT2D eigenvalue weighted by Gasteiger charge is -2.06. The number of aliphatic imine (C=N–C) groups is 1. The lowest BCUT2D eigenvalue weighted by molar-refractivity contribution is -0.137. The van der Waals surface area contributed by atoms with Gasteiger partial charge in [-0.2, -0.15) is 13.2 Å². The summed E-state index contributed by atoms with van der Waals surface area (Å²) in [6.45, 7) is 0. The Bertz CT molecular complexity index is 676. The fraction of sp³-hybridized carbons (Fsp3) is 0.375. The van der Waals surface area contributed by atoms with Crippen molar-refractivity contribution < 1.29 is 18.0 Å². The molecule has 7 heteroatoms. The van der Waals surface area contributed by atoms with E-state index in [0.717, 1.165) is 37.8 Å². The van der Waals surface area contributed by atoms with Crippen molar-refractivity contribution in [2.45, 2.75) is 37.9 Å². The summed E-state index contributed by atoms with van der Waals surface area (Å²) in [7, 11) is 0. The van der Waals surface area contributed by atoms with E-state index in [1.165, 1.54) is 23.9 Å². The first-order valence-electron chi connectivity index (χ1n) is 7.38. The summed E-state index contributed by atoms with van der Waals surface area (Å²) in [4.78, 5) is 16.8. The maximum absolute atomic E-state index is 12.7. The second-order valence-corrected chi connectivity index (χ2v) is 6.59. The van der Waals surface area contributed by atoms with Crippen LogP contribution in [0.4, 0.5) is 13.2 Å². The number of amidine groups is 1. The molecule has 3 nitrogen and oxygen atoms in total. The molecule has 1 saturated heterocycles. The summed E-state index contributed by atoms with van der Waals surface area (Å²) in [6.07, 6.45) is 1.40. The van der Waals surface area contributed by atoms with Crippen LogP contribution in [-0.2, 0) is 11.0 Å². The Balaban J connectivity index is 1.79. The van der Waals surface area contributed by atoms with Crippen LogP contribution in [-0.4, -0.2) is 17.1 Å². The third-order valence-corrected chi connectivity index (χ3v) is 4.71. The standard InChI is InChI=1S/C16H15F3N2OS/c17-16(18,19)11-5-3-4-10(8-11)9-13-14(22)21-15(23-13)20-12-6-1-2-7-12/h3-5,8-9,12H,1-2,6-7H2,(H,20,21,22). The first kappa shape index (κ1) is 16.1. The van der Waals surface area contributed by atoms with Crippen molar-refractivity contribution in [3.05, 3.63) is 40.3 Å². The largest absolute Gasteiger partial charge is 0.416 e. The Labute approximate surface area is 136 Å². The molecule has 1 amide bonds. The molecule has 0 spiro atoms. The van der Waals surface area contributed by atoms with Gasteiger partial charge in [-0.3, -0.25) is 9.79 Å². The van der Waals surface area contributed by atoms with Crippen LogP contribution >= 0.6 is 11.8 Å². The van der Waals surface area contributed by atoms with Gasteiger partial charge < -0.3 is 5.32 Å². The number of alkyl halides is 3. The SMILES string of the molecule is O=C1NC(=NC2CCCC2)SC1=Cc1cccc(C(F)(F)F)c1. The number of amides is 1. The Morgan fingerprint density at radius 1 is 1.26 bits per heavy atom. The number of nitrogens with one attached hydrogen (secondary N) is 1. The van der Waals surface area contributed by atoms with Crippen LogP contribution in [0.3, 0.4) is 0 Å². The summed E-state index contributed by atoms with van der Waals surface area (Å²) in [5.41, 5.74) is -0.380. The van der Waals surface area contributed by atoms with E-state index < -0.39 is 11.7 Å². The average molecular weight is 340 g/mol. The van der Waals surface area contributed by atoms with E-state index in [0.29, 0.717) is 15.6 Å². The summed E-state index contributed by atoms with van der Waals surface area (Å²) >= 11 is 1.18. The maximum atomic E-state index is 12.7. The number of halogens is 3. The van der Waals surface area contributed by atoms with Gasteiger partial charge in [-0.1, -0.05) is 25.0 Å². The van der Waals surface area contributed by atoms with Crippen LogP contribution in [0.5, 0.6) is 0 Å². The minimum atomic E-state index is -4.39. The van der Waals surface area contributed by atoms with E-state index in [1.807, 2.05) is 0 Å². The maximum Gasteiger partial charge on any atom is 0.416 e. The molecule has 0 atom stereocenters. The lowest BCUT2D eigenvalue weighted by Crippen LogP contribution is -2.21. The first-order chi connectivity index (χ1) is 10.9. The van der Waals surface area contributed by atoms with Crippen LogP contribution in [0.25, 0.3) is 6.08 Å². The third kappa shape index (κ3) is 3.96. The minimum Gasteiger partial charge on any atom is -0.301 e. The summed E-state index contributed by atoms with van der Waals surface area (Å²) < 4.78 is 38.2. The van der Waals surface area contributed by atoms with Gasteiger partial charge in [0.2, 0.25) is 0 Å². The van der Waals surface area contributed by atoms with Gasteiger partial charge in [-0.15, -0.1) is 0 Å². The van der Waals surface area contributed by atoms with Crippen LogP contribution < -0.4 is 5.32 Å². The molecule has 3 rings (SSSR count). The number of carbonyl (C=O) groups is 1. The number of hydrogen-bond acceptors (Lipinski definition) is 3. The molecule has 122 valence electrons. The highest BCUT2D eigenvalue weighted by molar-refractivity contribution is 8.18. The van der Waals surface area contributed by atoms with Gasteiger partial charge in [-0.05, 0) is 48.4 Å². The topological polar surface area (TPSA) is 41.5 Å². The minimum absolute atomic E-state index is 0.241. The zero-order valence-corrected chi connectivity index (χ0v) is 13.0. The predicted octanol–water partition coefficient (Wildman–Crippen LogP) is 4.21. The van der Waals surface area contributed by atoms with Crippen molar-refractivity contribution in [3.63, 3.8) is 0 Å². The van der Waals surface area contributed by atoms with E-state index in [2.05, 4.69) is 10.3 Å². The van der Waals surface area contributed by atoms with Crippen LogP contribution in [0.15, 0.2) is 34.2 Å². The van der Waals surface area contributed by atoms with E-state index >= 15 is 0 Å². The molecule has 0 aromatic heterocycles. The van der Waals surface area contributed by atoms with Gasteiger partial charge in [0.25, 0.3) is 5.91 Å². The number of hydrogen-bond donors (Lipinski definition) is 1. The molecule has 2 aliphatic rings. The normalized spacial score (nSPS) is 23.0. The molecule has 1 aliphatic carbocycles. The first-order valence-corrected chi connectivity index (χ1v) is 8.19. The quantitative estimate of drug-likeness (QED) is 0.820. The smallest absolute Gasteiger partial charge is 0.301 e. The fourth-order valence-electron chi connectivity index (χ4n) is 2.64. The van der Waals surface area contributed by atoms with E-state index in [-0.39, 0.29) is 11.9 Å². The molecule has 2 fully saturated rings. The van der Waals surface area contributed by atoms with Crippen molar-refractivity contribution >= 4 is 28.9 Å². The van der Waals surface area contributed by atoms with E-state index in [4.69, 9.17) is 0 Å². The Morgan fingerprint density at radius 2 is 2.00 bits per heavy atom. The van der Waals surface area contributed by atoms with Crippen LogP contribution in [0.1, 0.15) is 36.8 Å². The van der Waals surface area contributed by atoms with Crippen molar-refractivity contribution in [2.75, 3.05) is 0 Å². The third-order valence-electron chi connectivity index (χ3n) is 3.79. The Morgan fingerprint density at radius 3 is 2.70 bits per heavy atom. The molecule has 1 aromatic carbocycles. The highest BCUT2D eigenvalue weighted by Crippen LogP contribution is 2.32. The number of benzene rings is 1. The molecular weight excluding hydrogens is 325 g/mol. The fourth-order valence-corrected chi connectivity index (χ4v) is 3.54. The average Bonchev–Trinajstić information content (AvgIpc) is 3.09. The molecule has 1 heterocycles. The molecular formula is C16H15F3N2OS. The zero-order chi connectivity index (χ0) is 16.4. The second kappa shape index (κ2) is 6.39. The van der Waals surface area contributed by atoms with Gasteiger partial charge in [0, 0.05) is 0 Å². The number of rotatable bonds is 2. The van der Waals surface area contributed by atoms with Crippen molar-refractivity contribution in [1.82, 2.24) is 5.32 Å². The van der Waals surface area contributed by atoms with Crippen molar-refractivity contribution in [2.24, 2.45) is 4.99 Å². The monoisotopic (exact) mass is 340 g/mol. The van der Waals surface area contributed by atoms with Gasteiger partial charge in [-0.25, -0.2) is 0 Å². The molecule has 1 saturated carbocycles. The summed E-state index contributed by atoms with van der Waals surface area (Å²) in [5, 5.41) is 3.22. The Kier molecular flexibility index (Phi) is 4.48. The Hall–Kier alpha value is -1.76. The number of carbonyl (C=O) groups excluding carboxylic acids is 1. The molecule has 1 N–H and O–H groups in total. The van der Waals surface area contributed by atoms with E-state index in [9.17, 15) is 18.0 Å². The molecule has 0 bridgehead atoms. The molecule has 1 aliphatic heterocycles. The van der Waals surface area contributed by atoms with Crippen LogP contribution in [0, 0.1) is 0 Å². The van der Waals surface area contributed by atoms with Gasteiger partial charge in [0.15, 0.2) is 5.17 Å². The van der Waals surface area contributed by atoms with Crippen molar-refractivity contribution in [1.29, 1.82) is 0 Å². The molecule has 23 heavy (non-hydrogen) atoms. The molecule has 1 aromatic rings. The van der Waals surface area contributed by atoms with Crippen molar-refractivity contribution in [3.8, 4) is 0 Å². The number of nitrogens with zero attached hydrogens (tertiary/aromatic N) is 1. The molecule has 0 unspecified atom stereocenters. The van der Waals surface area contributed by atoms with Gasteiger partial charge in [0.1, 0.15) is 0 Å². The summed E-state index contributed by atoms with van der Waals surface area (Å²) in [6, 6.07) is 5.16. The molecule has 0 radical (unpaired) electrons. The number of thioether (sulfide) groups is 1. The van der Waals surface area contributed by atoms with Gasteiger partial charge in [0.05, 0.1) is 16.5 Å². The van der Waals surface area contributed by atoms with E-state index in [1.54, 1.807) is 6.07 Å². The van der Waals surface area contributed by atoms with Gasteiger partial charge >= 0.3 is 6.18 Å². The highest BCUT2D eigenvalue weighted by atomic mass is 32.2. The zero-order valence-electron chi connectivity index (χ0n) is 12.2. The lowest BCUT2D eigenvalue weighted by atomic mass is 10.1. The van der Waals surface area contributed by atoms with Crippen LogP contribution in [0.2, 0.25) is 0 Å². The summed E-state index contributed by atoms with van der Waals surface area (Å²) in [5.74, 6) is -0.316.